The molecule has 0 aromatic carbocycles. The van der Waals surface area contributed by atoms with Crippen molar-refractivity contribution in [2.45, 2.75) is 70.5 Å². The van der Waals surface area contributed by atoms with E-state index in [9.17, 15) is 13.2 Å². The van der Waals surface area contributed by atoms with Gasteiger partial charge in [0, 0.05) is 12.6 Å². The molecule has 0 heterocycles. The van der Waals surface area contributed by atoms with Gasteiger partial charge in [-0.05, 0) is 32.2 Å². The van der Waals surface area contributed by atoms with E-state index in [0.29, 0.717) is 12.6 Å². The molecule has 22 heavy (non-hydrogen) atoms. The minimum Gasteiger partial charge on any atom is -0.475 e. The number of carbonyl (C=O) groups is 1. The largest absolute Gasteiger partial charge is 0.490 e. The lowest BCUT2D eigenvalue weighted by Crippen LogP contribution is -2.29. The Morgan fingerprint density at radius 3 is 2.14 bits per heavy atom. The normalized spacial score (nSPS) is 18.0. The predicted octanol–water partition coefficient (Wildman–Crippen LogP) is 3.34. The fraction of sp³-hybridized carbons (Fsp3) is 0.933. The Bertz CT molecular complexity index is 290. The van der Waals surface area contributed by atoms with Gasteiger partial charge in [-0.25, -0.2) is 4.79 Å². The van der Waals surface area contributed by atoms with E-state index in [-0.39, 0.29) is 0 Å². The molecule has 1 unspecified atom stereocenters. The van der Waals surface area contributed by atoms with Gasteiger partial charge in [0.15, 0.2) is 0 Å². The molecule has 0 spiro atoms. The number of aliphatic hydroxyl groups excluding tert-OH is 1. The van der Waals surface area contributed by atoms with Gasteiger partial charge in [-0.2, -0.15) is 13.2 Å². The Balaban J connectivity index is 0.000000534. The Morgan fingerprint density at radius 1 is 1.23 bits per heavy atom. The first-order chi connectivity index (χ1) is 10.3. The standard InChI is InChI=1S/C13H27NO.C2HF3O2/c1-12(9-11-15)14-10-8-13-6-4-2-3-5-7-13;3-2(4,5)1(6)7/h12-15H,2-11H2,1H3;(H,6,7). The van der Waals surface area contributed by atoms with Crippen molar-refractivity contribution in [3.8, 4) is 0 Å². The third kappa shape index (κ3) is 11.8. The maximum Gasteiger partial charge on any atom is 0.490 e. The highest BCUT2D eigenvalue weighted by Crippen LogP contribution is 2.24. The summed E-state index contributed by atoms with van der Waals surface area (Å²) in [4.78, 5) is 8.90. The summed E-state index contributed by atoms with van der Waals surface area (Å²) in [6.07, 6.45) is 5.79. The second-order valence-electron chi connectivity index (χ2n) is 5.82. The van der Waals surface area contributed by atoms with Crippen molar-refractivity contribution >= 4 is 5.97 Å². The summed E-state index contributed by atoms with van der Waals surface area (Å²) in [6.45, 7) is 3.59. The van der Waals surface area contributed by atoms with Gasteiger partial charge in [0.2, 0.25) is 0 Å². The van der Waals surface area contributed by atoms with E-state index >= 15 is 0 Å². The van der Waals surface area contributed by atoms with Crippen molar-refractivity contribution < 1.29 is 28.2 Å². The van der Waals surface area contributed by atoms with Crippen LogP contribution >= 0.6 is 0 Å². The third-order valence-electron chi connectivity index (χ3n) is 3.82. The lowest BCUT2D eigenvalue weighted by atomic mass is 9.96. The SMILES string of the molecule is CC(CCO)NCCC1CCCCCC1.O=C(O)C(F)(F)F. The number of aliphatic carboxylic acids is 1. The van der Waals surface area contributed by atoms with E-state index in [1.165, 1.54) is 44.9 Å². The summed E-state index contributed by atoms with van der Waals surface area (Å²) in [6, 6.07) is 0.473. The monoisotopic (exact) mass is 327 g/mol. The lowest BCUT2D eigenvalue weighted by Gasteiger charge is -2.17. The van der Waals surface area contributed by atoms with Crippen LogP contribution in [0.25, 0.3) is 0 Å². The van der Waals surface area contributed by atoms with Crippen LogP contribution in [0.15, 0.2) is 0 Å². The molecule has 0 saturated heterocycles. The molecule has 132 valence electrons. The second-order valence-corrected chi connectivity index (χ2v) is 5.82. The van der Waals surface area contributed by atoms with Gasteiger partial charge in [-0.1, -0.05) is 38.5 Å². The topological polar surface area (TPSA) is 69.6 Å². The summed E-state index contributed by atoms with van der Waals surface area (Å²) < 4.78 is 31.7. The molecule has 1 aliphatic rings. The van der Waals surface area contributed by atoms with E-state index in [2.05, 4.69) is 12.2 Å². The number of carboxylic acids is 1. The molecule has 0 aromatic heterocycles. The molecule has 0 bridgehead atoms. The number of nitrogens with one attached hydrogen (secondary N) is 1. The highest BCUT2D eigenvalue weighted by molar-refractivity contribution is 5.73. The van der Waals surface area contributed by atoms with Gasteiger partial charge in [0.25, 0.3) is 0 Å². The lowest BCUT2D eigenvalue weighted by molar-refractivity contribution is -0.192. The van der Waals surface area contributed by atoms with Crippen LogP contribution in [-0.2, 0) is 4.79 Å². The summed E-state index contributed by atoms with van der Waals surface area (Å²) in [5, 5.41) is 19.4. The van der Waals surface area contributed by atoms with Crippen molar-refractivity contribution in [3.63, 3.8) is 0 Å². The van der Waals surface area contributed by atoms with Crippen molar-refractivity contribution in [2.75, 3.05) is 13.2 Å². The maximum absolute atomic E-state index is 10.6. The van der Waals surface area contributed by atoms with Gasteiger partial charge in [-0.3, -0.25) is 0 Å². The molecule has 1 atom stereocenters. The van der Waals surface area contributed by atoms with Crippen LogP contribution in [0.3, 0.4) is 0 Å². The zero-order valence-electron chi connectivity index (χ0n) is 13.2. The smallest absolute Gasteiger partial charge is 0.475 e. The van der Waals surface area contributed by atoms with Crippen LogP contribution in [-0.4, -0.2) is 41.6 Å². The Hall–Kier alpha value is -0.820. The van der Waals surface area contributed by atoms with Crippen molar-refractivity contribution in [3.05, 3.63) is 0 Å². The van der Waals surface area contributed by atoms with Crippen LogP contribution < -0.4 is 5.32 Å². The van der Waals surface area contributed by atoms with Gasteiger partial charge in [-0.15, -0.1) is 0 Å². The molecule has 1 aliphatic carbocycles. The highest BCUT2D eigenvalue weighted by Gasteiger charge is 2.38. The third-order valence-corrected chi connectivity index (χ3v) is 3.82. The van der Waals surface area contributed by atoms with Crippen LogP contribution in [0, 0.1) is 5.92 Å². The zero-order chi connectivity index (χ0) is 17.0. The number of carboxylic acid groups (broad SMARTS) is 1. The Kier molecular flexibility index (Phi) is 11.3. The summed E-state index contributed by atoms with van der Waals surface area (Å²) in [5.74, 6) is -1.80. The van der Waals surface area contributed by atoms with Crippen LogP contribution in [0.5, 0.6) is 0 Å². The van der Waals surface area contributed by atoms with E-state index in [1.807, 2.05) is 0 Å². The van der Waals surface area contributed by atoms with Gasteiger partial charge in [0.05, 0.1) is 0 Å². The molecule has 0 aromatic rings. The van der Waals surface area contributed by atoms with Crippen LogP contribution in [0.4, 0.5) is 13.2 Å². The van der Waals surface area contributed by atoms with E-state index < -0.39 is 12.1 Å². The van der Waals surface area contributed by atoms with Crippen LogP contribution in [0.2, 0.25) is 0 Å². The fourth-order valence-corrected chi connectivity index (χ4v) is 2.48. The number of hydrogen-bond donors (Lipinski definition) is 3. The predicted molar refractivity (Wildman–Crippen MR) is 78.7 cm³/mol. The molecular formula is C15H28F3NO3. The van der Waals surface area contributed by atoms with Crippen LogP contribution in [0.1, 0.15) is 58.3 Å². The number of aliphatic hydroxyl groups is 1. The Labute approximate surface area is 130 Å². The van der Waals surface area contributed by atoms with Gasteiger partial charge >= 0.3 is 12.1 Å². The molecule has 3 N–H and O–H groups in total. The number of rotatable bonds is 6. The molecule has 7 heteroatoms. The maximum atomic E-state index is 10.6. The fourth-order valence-electron chi connectivity index (χ4n) is 2.48. The molecule has 0 aliphatic heterocycles. The molecule has 4 nitrogen and oxygen atoms in total. The summed E-state index contributed by atoms with van der Waals surface area (Å²) in [7, 11) is 0. The van der Waals surface area contributed by atoms with Crippen molar-refractivity contribution in [2.24, 2.45) is 5.92 Å². The van der Waals surface area contributed by atoms with Gasteiger partial charge in [0.1, 0.15) is 0 Å². The number of hydrogen-bond acceptors (Lipinski definition) is 3. The average Bonchev–Trinajstić information content (AvgIpc) is 2.67. The van der Waals surface area contributed by atoms with E-state index in [0.717, 1.165) is 18.9 Å². The molecule has 0 radical (unpaired) electrons. The average molecular weight is 327 g/mol. The van der Waals surface area contributed by atoms with Crippen molar-refractivity contribution in [1.82, 2.24) is 5.32 Å². The Morgan fingerprint density at radius 2 is 1.73 bits per heavy atom. The number of alkyl halides is 3. The van der Waals surface area contributed by atoms with Gasteiger partial charge < -0.3 is 15.5 Å². The first-order valence-corrected chi connectivity index (χ1v) is 7.91. The first-order valence-electron chi connectivity index (χ1n) is 7.91. The molecule has 1 fully saturated rings. The minimum atomic E-state index is -5.08. The number of halogens is 3. The van der Waals surface area contributed by atoms with Crippen molar-refractivity contribution in [1.29, 1.82) is 0 Å². The van der Waals surface area contributed by atoms with E-state index in [1.54, 1.807) is 0 Å². The molecule has 1 rings (SSSR count). The summed E-state index contributed by atoms with van der Waals surface area (Å²) in [5.41, 5.74) is 0. The quantitative estimate of drug-likeness (QED) is 0.655. The van der Waals surface area contributed by atoms with E-state index in [4.69, 9.17) is 15.0 Å². The zero-order valence-corrected chi connectivity index (χ0v) is 13.2. The summed E-state index contributed by atoms with van der Waals surface area (Å²) >= 11 is 0. The first kappa shape index (κ1) is 21.2. The minimum absolute atomic E-state index is 0.303. The highest BCUT2D eigenvalue weighted by atomic mass is 19.4. The second kappa shape index (κ2) is 11.7. The molecular weight excluding hydrogens is 299 g/mol. The molecule has 0 amide bonds. The molecule has 1 saturated carbocycles.